The number of hydrogen-bond donors (Lipinski definition) is 1. The molecule has 6 nitrogen and oxygen atoms in total. The minimum Gasteiger partial charge on any atom is -0.458 e. The fourth-order valence-corrected chi connectivity index (χ4v) is 1.13. The highest BCUT2D eigenvalue weighted by Crippen LogP contribution is 2.22. The third-order valence-corrected chi connectivity index (χ3v) is 1.92. The highest BCUT2D eigenvalue weighted by atomic mass is 16.9. The van der Waals surface area contributed by atoms with Crippen molar-refractivity contribution < 1.29 is 24.4 Å². The molecule has 1 aliphatic heterocycles. The van der Waals surface area contributed by atoms with Crippen LogP contribution in [0.15, 0.2) is 0 Å². The molecule has 1 N–H and O–H groups in total. The van der Waals surface area contributed by atoms with Crippen LogP contribution in [0.5, 0.6) is 0 Å². The summed E-state index contributed by atoms with van der Waals surface area (Å²) in [4.78, 5) is 16.0. The SMILES string of the molecule is CCOC(=O)C1=[N+]([O-])OC(C)(C)[C@@H]1O. The Morgan fingerprint density at radius 2 is 2.36 bits per heavy atom. The Labute approximate surface area is 81.3 Å². The average Bonchev–Trinajstić information content (AvgIpc) is 2.22. The topological polar surface area (TPSA) is 81.8 Å². The molecule has 0 saturated carbocycles. The van der Waals surface area contributed by atoms with Crippen LogP contribution in [-0.4, -0.2) is 40.0 Å². The molecule has 1 heterocycles. The lowest BCUT2D eigenvalue weighted by Crippen LogP contribution is -2.41. The molecule has 0 spiro atoms. The minimum atomic E-state index is -1.26. The van der Waals surface area contributed by atoms with E-state index in [1.54, 1.807) is 6.92 Å². The van der Waals surface area contributed by atoms with Crippen molar-refractivity contribution in [2.45, 2.75) is 32.5 Å². The standard InChI is InChI=1S/C8H13NO5/c1-4-13-7(11)5-6(10)8(2,3)14-9(5)12/h6,10H,4H2,1-3H3/t6-/m1/s1. The number of hydrogen-bond acceptors (Lipinski definition) is 5. The smallest absolute Gasteiger partial charge is 0.408 e. The van der Waals surface area contributed by atoms with Crippen LogP contribution in [0.3, 0.4) is 0 Å². The lowest BCUT2D eigenvalue weighted by Gasteiger charge is -2.21. The zero-order chi connectivity index (χ0) is 10.9. The van der Waals surface area contributed by atoms with Gasteiger partial charge in [0.2, 0.25) is 0 Å². The molecule has 0 aliphatic carbocycles. The first-order valence-corrected chi connectivity index (χ1v) is 4.28. The van der Waals surface area contributed by atoms with Crippen molar-refractivity contribution in [1.82, 2.24) is 0 Å². The quantitative estimate of drug-likeness (QED) is 0.487. The molecule has 1 aliphatic rings. The van der Waals surface area contributed by atoms with Crippen LogP contribution in [0.4, 0.5) is 0 Å². The Hall–Kier alpha value is -1.30. The molecule has 0 aromatic rings. The Kier molecular flexibility index (Phi) is 2.66. The van der Waals surface area contributed by atoms with Gasteiger partial charge in [-0.3, -0.25) is 5.21 Å². The number of nitrogens with zero attached hydrogens (tertiary/aromatic N) is 1. The predicted octanol–water partition coefficient (Wildman–Crippen LogP) is -0.415. The molecule has 6 heteroatoms. The van der Waals surface area contributed by atoms with Gasteiger partial charge in [0.25, 0.3) is 0 Å². The summed E-state index contributed by atoms with van der Waals surface area (Å²) >= 11 is 0. The fourth-order valence-electron chi connectivity index (χ4n) is 1.13. The third-order valence-electron chi connectivity index (χ3n) is 1.92. The highest BCUT2D eigenvalue weighted by Gasteiger charge is 2.49. The number of carbonyl (C=O) groups excluding carboxylic acids is 1. The van der Waals surface area contributed by atoms with Crippen molar-refractivity contribution in [3.05, 3.63) is 5.21 Å². The van der Waals surface area contributed by atoms with E-state index >= 15 is 0 Å². The zero-order valence-electron chi connectivity index (χ0n) is 8.31. The molecule has 0 unspecified atom stereocenters. The minimum absolute atomic E-state index is 0.0165. The van der Waals surface area contributed by atoms with Gasteiger partial charge in [0, 0.05) is 0 Å². The summed E-state index contributed by atoms with van der Waals surface area (Å²) < 4.78 is 4.60. The van der Waals surface area contributed by atoms with Gasteiger partial charge in [-0.05, 0) is 20.8 Å². The Bertz CT molecular complexity index is 283. The Morgan fingerprint density at radius 3 is 2.71 bits per heavy atom. The van der Waals surface area contributed by atoms with Crippen LogP contribution < -0.4 is 0 Å². The molecule has 1 rings (SSSR count). The zero-order valence-corrected chi connectivity index (χ0v) is 8.31. The first-order chi connectivity index (χ1) is 6.40. The van der Waals surface area contributed by atoms with Crippen molar-refractivity contribution in [3.63, 3.8) is 0 Å². The number of aliphatic hydroxyl groups is 1. The van der Waals surface area contributed by atoms with Crippen LogP contribution in [0, 0.1) is 5.21 Å². The number of ether oxygens (including phenoxy) is 1. The predicted molar refractivity (Wildman–Crippen MR) is 46.4 cm³/mol. The van der Waals surface area contributed by atoms with E-state index in [1.807, 2.05) is 0 Å². The maximum atomic E-state index is 11.2. The summed E-state index contributed by atoms with van der Waals surface area (Å²) in [6.45, 7) is 4.77. The second-order valence-electron chi connectivity index (χ2n) is 3.46. The van der Waals surface area contributed by atoms with Crippen molar-refractivity contribution >= 4 is 11.7 Å². The molecule has 0 aromatic heterocycles. The molecule has 0 radical (unpaired) electrons. The van der Waals surface area contributed by atoms with Crippen LogP contribution in [0.25, 0.3) is 0 Å². The van der Waals surface area contributed by atoms with E-state index in [-0.39, 0.29) is 11.5 Å². The largest absolute Gasteiger partial charge is 0.458 e. The van der Waals surface area contributed by atoms with Gasteiger partial charge in [-0.2, -0.15) is 0 Å². The normalized spacial score (nSPS) is 24.7. The maximum absolute atomic E-state index is 11.2. The van der Waals surface area contributed by atoms with E-state index in [4.69, 9.17) is 4.84 Å². The second kappa shape index (κ2) is 3.45. The van der Waals surface area contributed by atoms with Crippen molar-refractivity contribution in [1.29, 1.82) is 0 Å². The monoisotopic (exact) mass is 203 g/mol. The van der Waals surface area contributed by atoms with Gasteiger partial charge in [-0.1, -0.05) is 0 Å². The van der Waals surface area contributed by atoms with Crippen LogP contribution in [-0.2, 0) is 14.4 Å². The van der Waals surface area contributed by atoms with Gasteiger partial charge in [0.05, 0.1) is 11.5 Å². The molecular formula is C8H13NO5. The van der Waals surface area contributed by atoms with Gasteiger partial charge in [-0.15, -0.1) is 0 Å². The maximum Gasteiger partial charge on any atom is 0.408 e. The Morgan fingerprint density at radius 1 is 1.79 bits per heavy atom. The summed E-state index contributed by atoms with van der Waals surface area (Å²) in [5, 5.41) is 20.7. The molecule has 1 atom stereocenters. The highest BCUT2D eigenvalue weighted by molar-refractivity contribution is 6.36. The van der Waals surface area contributed by atoms with Crippen LogP contribution in [0.2, 0.25) is 0 Å². The number of carbonyl (C=O) groups is 1. The average molecular weight is 203 g/mol. The number of rotatable bonds is 2. The van der Waals surface area contributed by atoms with Crippen molar-refractivity contribution in [3.8, 4) is 0 Å². The van der Waals surface area contributed by atoms with E-state index in [2.05, 4.69) is 4.74 Å². The molecule has 0 saturated heterocycles. The molecular weight excluding hydrogens is 190 g/mol. The summed E-state index contributed by atoms with van der Waals surface area (Å²) in [5.41, 5.74) is -1.50. The van der Waals surface area contributed by atoms with Crippen LogP contribution in [0.1, 0.15) is 20.8 Å². The van der Waals surface area contributed by atoms with E-state index < -0.39 is 23.4 Å². The lowest BCUT2D eigenvalue weighted by molar-refractivity contribution is -0.750. The summed E-state index contributed by atoms with van der Waals surface area (Å²) in [6, 6.07) is 0. The van der Waals surface area contributed by atoms with Crippen molar-refractivity contribution in [2.24, 2.45) is 0 Å². The van der Waals surface area contributed by atoms with E-state index in [9.17, 15) is 15.1 Å². The summed E-state index contributed by atoms with van der Waals surface area (Å²) in [7, 11) is 0. The second-order valence-corrected chi connectivity index (χ2v) is 3.46. The van der Waals surface area contributed by atoms with Crippen LogP contribution >= 0.6 is 0 Å². The Balaban J connectivity index is 2.88. The first kappa shape index (κ1) is 10.8. The molecule has 80 valence electrons. The molecule has 0 bridgehead atoms. The van der Waals surface area contributed by atoms with Gasteiger partial charge >= 0.3 is 11.7 Å². The van der Waals surface area contributed by atoms with Gasteiger partial charge in [0.1, 0.15) is 5.60 Å². The summed E-state index contributed by atoms with van der Waals surface area (Å²) in [6.07, 6.45) is -1.26. The van der Waals surface area contributed by atoms with Gasteiger partial charge < -0.3 is 14.7 Å². The molecule has 14 heavy (non-hydrogen) atoms. The summed E-state index contributed by atoms with van der Waals surface area (Å²) in [5.74, 6) is -0.847. The third kappa shape index (κ3) is 1.65. The van der Waals surface area contributed by atoms with E-state index in [0.29, 0.717) is 0 Å². The molecule has 0 aromatic carbocycles. The van der Waals surface area contributed by atoms with Gasteiger partial charge in [-0.25, -0.2) is 4.79 Å². The molecule has 0 amide bonds. The van der Waals surface area contributed by atoms with E-state index in [0.717, 1.165) is 0 Å². The van der Waals surface area contributed by atoms with E-state index in [1.165, 1.54) is 13.8 Å². The fraction of sp³-hybridized carbons (Fsp3) is 0.750. The first-order valence-electron chi connectivity index (χ1n) is 4.28. The van der Waals surface area contributed by atoms with Gasteiger partial charge in [0.15, 0.2) is 6.10 Å². The van der Waals surface area contributed by atoms with Crippen molar-refractivity contribution in [2.75, 3.05) is 6.61 Å². The number of aliphatic hydroxyl groups excluding tert-OH is 1. The lowest BCUT2D eigenvalue weighted by atomic mass is 9.99. The number of esters is 1. The molecule has 0 fully saturated rings.